The normalized spacial score (nSPS) is 16.7. The van der Waals surface area contributed by atoms with Crippen LogP contribution in [0.2, 0.25) is 0 Å². The summed E-state index contributed by atoms with van der Waals surface area (Å²) in [5, 5.41) is 10.2. The van der Waals surface area contributed by atoms with E-state index in [1.165, 1.54) is 0 Å². The molecule has 0 saturated heterocycles. The summed E-state index contributed by atoms with van der Waals surface area (Å²) < 4.78 is 39.7. The summed E-state index contributed by atoms with van der Waals surface area (Å²) in [5.74, 6) is -4.14. The minimum absolute atomic E-state index is 0.230. The van der Waals surface area contributed by atoms with Gasteiger partial charge in [0.25, 0.3) is 0 Å². The molecular weight excluding hydrogens is 243 g/mol. The van der Waals surface area contributed by atoms with Gasteiger partial charge in [-0.05, 0) is 33.5 Å². The molecule has 0 aliphatic rings. The van der Waals surface area contributed by atoms with E-state index in [-0.39, 0.29) is 5.56 Å². The molecule has 0 saturated carbocycles. The maximum atomic E-state index is 13.6. The first-order chi connectivity index (χ1) is 8.25. The Morgan fingerprint density at radius 3 is 2.22 bits per heavy atom. The predicted octanol–water partition coefficient (Wildman–Crippen LogP) is 2.87. The lowest BCUT2D eigenvalue weighted by molar-refractivity contribution is -0.00163. The molecule has 0 aliphatic carbocycles. The van der Waals surface area contributed by atoms with Gasteiger partial charge in [0, 0.05) is 11.1 Å². The number of hydrogen-bond acceptors (Lipinski definition) is 2. The summed E-state index contributed by atoms with van der Waals surface area (Å²) >= 11 is 0. The third-order valence-electron chi connectivity index (χ3n) is 3.69. The average Bonchev–Trinajstić information content (AvgIpc) is 2.34. The van der Waals surface area contributed by atoms with Gasteiger partial charge in [-0.25, -0.2) is 13.2 Å². The van der Waals surface area contributed by atoms with Gasteiger partial charge in [-0.15, -0.1) is 0 Å². The minimum atomic E-state index is -1.55. The second kappa shape index (κ2) is 5.28. The summed E-state index contributed by atoms with van der Waals surface area (Å²) in [6, 6.07) is 1.90. The number of hydrogen-bond donors (Lipinski definition) is 1. The minimum Gasteiger partial charge on any atom is -0.386 e. The summed E-state index contributed by atoms with van der Waals surface area (Å²) in [7, 11) is 3.48. The number of likely N-dealkylation sites (N-methyl/N-ethyl adjacent to an activating group) is 1. The number of rotatable bonds is 4. The van der Waals surface area contributed by atoms with Gasteiger partial charge in [0.2, 0.25) is 0 Å². The molecule has 1 aromatic carbocycles. The lowest BCUT2D eigenvalue weighted by atomic mass is 9.85. The van der Waals surface area contributed by atoms with E-state index in [1.807, 2.05) is 6.92 Å². The zero-order valence-corrected chi connectivity index (χ0v) is 11.0. The third kappa shape index (κ3) is 2.37. The van der Waals surface area contributed by atoms with Crippen LogP contribution in [0.1, 0.15) is 31.9 Å². The van der Waals surface area contributed by atoms with Crippen molar-refractivity contribution in [1.82, 2.24) is 4.90 Å². The zero-order chi connectivity index (χ0) is 14.1. The molecular formula is C13H18F3NO. The average molecular weight is 261 g/mol. The maximum Gasteiger partial charge on any atom is 0.194 e. The zero-order valence-electron chi connectivity index (χ0n) is 11.0. The first-order valence-corrected chi connectivity index (χ1v) is 5.74. The third-order valence-corrected chi connectivity index (χ3v) is 3.69. The van der Waals surface area contributed by atoms with Crippen LogP contribution >= 0.6 is 0 Å². The van der Waals surface area contributed by atoms with Crippen molar-refractivity contribution in [2.24, 2.45) is 0 Å². The summed E-state index contributed by atoms with van der Waals surface area (Å²) in [6.45, 7) is 3.57. The van der Waals surface area contributed by atoms with E-state index in [2.05, 4.69) is 0 Å². The van der Waals surface area contributed by atoms with E-state index in [9.17, 15) is 18.3 Å². The van der Waals surface area contributed by atoms with E-state index >= 15 is 0 Å². The Labute approximate surface area is 105 Å². The van der Waals surface area contributed by atoms with Gasteiger partial charge < -0.3 is 10.0 Å². The summed E-state index contributed by atoms with van der Waals surface area (Å²) in [4.78, 5) is 1.73. The smallest absolute Gasteiger partial charge is 0.194 e. The second-order valence-corrected chi connectivity index (χ2v) is 4.77. The highest BCUT2D eigenvalue weighted by molar-refractivity contribution is 5.25. The van der Waals surface area contributed by atoms with Crippen molar-refractivity contribution in [3.63, 3.8) is 0 Å². The fraction of sp³-hybridized carbons (Fsp3) is 0.538. The number of nitrogens with zero attached hydrogens (tertiary/aromatic N) is 1. The SMILES string of the molecule is CCC(C)(C(O)c1ccc(F)c(F)c1F)N(C)C. The van der Waals surface area contributed by atoms with Gasteiger partial charge in [-0.3, -0.25) is 0 Å². The molecule has 1 aromatic rings. The van der Waals surface area contributed by atoms with Crippen LogP contribution in [0, 0.1) is 17.5 Å². The van der Waals surface area contributed by atoms with Crippen LogP contribution in [-0.4, -0.2) is 29.6 Å². The highest BCUT2D eigenvalue weighted by atomic mass is 19.2. The van der Waals surface area contributed by atoms with Crippen molar-refractivity contribution in [1.29, 1.82) is 0 Å². The molecule has 0 bridgehead atoms. The highest BCUT2D eigenvalue weighted by Gasteiger charge is 2.36. The largest absolute Gasteiger partial charge is 0.386 e. The van der Waals surface area contributed by atoms with Gasteiger partial charge in [0.05, 0.1) is 6.10 Å². The van der Waals surface area contributed by atoms with E-state index in [1.54, 1.807) is 25.9 Å². The van der Waals surface area contributed by atoms with Crippen LogP contribution in [0.5, 0.6) is 0 Å². The summed E-state index contributed by atoms with van der Waals surface area (Å²) in [6.07, 6.45) is -0.716. The van der Waals surface area contributed by atoms with Crippen molar-refractivity contribution in [3.8, 4) is 0 Å². The van der Waals surface area contributed by atoms with Gasteiger partial charge in [0.1, 0.15) is 0 Å². The Hall–Kier alpha value is -1.07. The topological polar surface area (TPSA) is 23.5 Å². The lowest BCUT2D eigenvalue weighted by Crippen LogP contribution is -2.46. The molecule has 0 heterocycles. The molecule has 0 aliphatic heterocycles. The maximum absolute atomic E-state index is 13.6. The Morgan fingerprint density at radius 2 is 1.78 bits per heavy atom. The molecule has 0 amide bonds. The lowest BCUT2D eigenvalue weighted by Gasteiger charge is -2.40. The van der Waals surface area contributed by atoms with Crippen LogP contribution in [0.25, 0.3) is 0 Å². The molecule has 18 heavy (non-hydrogen) atoms. The molecule has 2 nitrogen and oxygen atoms in total. The van der Waals surface area contributed by atoms with Gasteiger partial charge >= 0.3 is 0 Å². The van der Waals surface area contributed by atoms with Crippen LogP contribution in [0.15, 0.2) is 12.1 Å². The molecule has 0 radical (unpaired) electrons. The molecule has 2 unspecified atom stereocenters. The van der Waals surface area contributed by atoms with Gasteiger partial charge in [-0.2, -0.15) is 0 Å². The van der Waals surface area contributed by atoms with Crippen molar-refractivity contribution in [3.05, 3.63) is 35.1 Å². The first kappa shape index (κ1) is 15.0. The Kier molecular flexibility index (Phi) is 4.40. The van der Waals surface area contributed by atoms with Crippen LogP contribution in [0.3, 0.4) is 0 Å². The van der Waals surface area contributed by atoms with Crippen molar-refractivity contribution >= 4 is 0 Å². The molecule has 2 atom stereocenters. The predicted molar refractivity (Wildman–Crippen MR) is 63.7 cm³/mol. The molecule has 1 N–H and O–H groups in total. The molecule has 1 rings (SSSR count). The fourth-order valence-corrected chi connectivity index (χ4v) is 1.84. The number of halogens is 3. The molecule has 5 heteroatoms. The van der Waals surface area contributed by atoms with Crippen LogP contribution in [0.4, 0.5) is 13.2 Å². The monoisotopic (exact) mass is 261 g/mol. The summed E-state index contributed by atoms with van der Waals surface area (Å²) in [5.41, 5.74) is -0.988. The van der Waals surface area contributed by atoms with E-state index in [0.717, 1.165) is 12.1 Å². The molecule has 0 spiro atoms. The Balaban J connectivity index is 3.26. The Bertz CT molecular complexity index is 436. The van der Waals surface area contributed by atoms with Crippen LogP contribution < -0.4 is 0 Å². The van der Waals surface area contributed by atoms with Gasteiger partial charge in [-0.1, -0.05) is 13.0 Å². The standard InChI is InChI=1S/C13H18F3NO/c1-5-13(2,17(3)4)12(18)8-6-7-9(14)11(16)10(8)15/h6-7,12,18H,5H2,1-4H3. The number of aliphatic hydroxyl groups excluding tert-OH is 1. The molecule has 0 fully saturated rings. The fourth-order valence-electron chi connectivity index (χ4n) is 1.84. The highest BCUT2D eigenvalue weighted by Crippen LogP contribution is 2.34. The van der Waals surface area contributed by atoms with Crippen molar-refractivity contribution in [2.45, 2.75) is 31.9 Å². The first-order valence-electron chi connectivity index (χ1n) is 5.74. The second-order valence-electron chi connectivity index (χ2n) is 4.77. The number of benzene rings is 1. The quantitative estimate of drug-likeness (QED) is 0.842. The van der Waals surface area contributed by atoms with E-state index in [0.29, 0.717) is 6.42 Å². The molecule has 102 valence electrons. The molecule has 0 aromatic heterocycles. The van der Waals surface area contributed by atoms with E-state index in [4.69, 9.17) is 0 Å². The Morgan fingerprint density at radius 1 is 1.22 bits per heavy atom. The number of aliphatic hydroxyl groups is 1. The van der Waals surface area contributed by atoms with Crippen molar-refractivity contribution < 1.29 is 18.3 Å². The van der Waals surface area contributed by atoms with Crippen LogP contribution in [-0.2, 0) is 0 Å². The van der Waals surface area contributed by atoms with E-state index < -0.39 is 29.1 Å². The van der Waals surface area contributed by atoms with Crippen molar-refractivity contribution in [2.75, 3.05) is 14.1 Å². The van der Waals surface area contributed by atoms with Gasteiger partial charge in [0.15, 0.2) is 17.5 Å².